The Labute approximate surface area is 134 Å². The molecule has 0 heterocycles. The van der Waals surface area contributed by atoms with Gasteiger partial charge in [0.15, 0.2) is 0 Å². The van der Waals surface area contributed by atoms with Gasteiger partial charge in [-0.1, -0.05) is 49.9 Å². The van der Waals surface area contributed by atoms with Crippen molar-refractivity contribution in [1.82, 2.24) is 0 Å². The molecular weight excluding hydrogens is 313 g/mol. The SMILES string of the molecule is CCCCC(CC)C(=O)Nc1c(Cl)ccc(Cl)c1C(=O)O. The van der Waals surface area contributed by atoms with Crippen molar-refractivity contribution in [2.24, 2.45) is 5.92 Å². The summed E-state index contributed by atoms with van der Waals surface area (Å²) in [6.07, 6.45) is 3.40. The van der Waals surface area contributed by atoms with Gasteiger partial charge in [-0.2, -0.15) is 0 Å². The van der Waals surface area contributed by atoms with Crippen molar-refractivity contribution in [2.75, 3.05) is 5.32 Å². The lowest BCUT2D eigenvalue weighted by Crippen LogP contribution is -2.24. The maximum absolute atomic E-state index is 12.3. The fourth-order valence-corrected chi connectivity index (χ4v) is 2.52. The van der Waals surface area contributed by atoms with Crippen molar-refractivity contribution >= 4 is 40.8 Å². The summed E-state index contributed by atoms with van der Waals surface area (Å²) in [4.78, 5) is 23.6. The van der Waals surface area contributed by atoms with Crippen LogP contribution in [-0.4, -0.2) is 17.0 Å². The Morgan fingerprint density at radius 2 is 1.86 bits per heavy atom. The number of nitrogens with one attached hydrogen (secondary N) is 1. The van der Waals surface area contributed by atoms with Gasteiger partial charge in [-0.15, -0.1) is 0 Å². The Bertz CT molecular complexity index is 532. The molecule has 0 aliphatic rings. The molecule has 1 unspecified atom stereocenters. The van der Waals surface area contributed by atoms with E-state index in [1.165, 1.54) is 12.1 Å². The molecule has 0 bridgehead atoms. The highest BCUT2D eigenvalue weighted by Crippen LogP contribution is 2.32. The standard InChI is InChI=1S/C15H19Cl2NO3/c1-3-5-6-9(4-2)14(19)18-13-11(17)8-7-10(16)12(13)15(20)21/h7-9H,3-6H2,1-2H3,(H,18,19)(H,20,21). The number of carboxylic acid groups (broad SMARTS) is 1. The maximum atomic E-state index is 12.3. The van der Waals surface area contributed by atoms with Gasteiger partial charge in [0.05, 0.1) is 15.7 Å². The summed E-state index contributed by atoms with van der Waals surface area (Å²) >= 11 is 11.9. The normalized spacial score (nSPS) is 12.0. The van der Waals surface area contributed by atoms with Crippen LogP contribution in [0.3, 0.4) is 0 Å². The minimum absolute atomic E-state index is 0.0452. The topological polar surface area (TPSA) is 66.4 Å². The van der Waals surface area contributed by atoms with Gasteiger partial charge < -0.3 is 10.4 Å². The summed E-state index contributed by atoms with van der Waals surface area (Å²) < 4.78 is 0. The molecule has 1 amide bonds. The van der Waals surface area contributed by atoms with Crippen LogP contribution in [0.25, 0.3) is 0 Å². The summed E-state index contributed by atoms with van der Waals surface area (Å²) in [7, 11) is 0. The van der Waals surface area contributed by atoms with Gasteiger partial charge in [-0.3, -0.25) is 4.79 Å². The summed E-state index contributed by atoms with van der Waals surface area (Å²) in [5, 5.41) is 12.1. The Morgan fingerprint density at radius 3 is 2.38 bits per heavy atom. The predicted molar refractivity (Wildman–Crippen MR) is 85.4 cm³/mol. The molecule has 1 rings (SSSR count). The van der Waals surface area contributed by atoms with Crippen molar-refractivity contribution in [1.29, 1.82) is 0 Å². The van der Waals surface area contributed by atoms with Gasteiger partial charge in [-0.25, -0.2) is 4.79 Å². The lowest BCUT2D eigenvalue weighted by atomic mass is 9.98. The zero-order chi connectivity index (χ0) is 16.0. The highest BCUT2D eigenvalue weighted by atomic mass is 35.5. The van der Waals surface area contributed by atoms with Crippen LogP contribution in [0.1, 0.15) is 49.9 Å². The fourth-order valence-electron chi connectivity index (χ4n) is 2.08. The van der Waals surface area contributed by atoms with Gasteiger partial charge in [0, 0.05) is 5.92 Å². The Balaban J connectivity index is 3.04. The predicted octanol–water partition coefficient (Wildman–Crippen LogP) is 4.85. The Hall–Kier alpha value is -1.26. The second-order valence-corrected chi connectivity index (χ2v) is 5.64. The number of unbranched alkanes of at least 4 members (excludes halogenated alkanes) is 1. The van der Waals surface area contributed by atoms with Crippen LogP contribution < -0.4 is 5.32 Å². The highest BCUT2D eigenvalue weighted by molar-refractivity contribution is 6.38. The first-order valence-electron chi connectivity index (χ1n) is 6.94. The molecule has 0 aliphatic heterocycles. The molecule has 0 radical (unpaired) electrons. The average molecular weight is 332 g/mol. The van der Waals surface area contributed by atoms with E-state index in [4.69, 9.17) is 23.2 Å². The number of carbonyl (C=O) groups excluding carboxylic acids is 1. The molecule has 1 aromatic carbocycles. The molecule has 116 valence electrons. The highest BCUT2D eigenvalue weighted by Gasteiger charge is 2.22. The molecule has 0 aromatic heterocycles. The number of hydrogen-bond donors (Lipinski definition) is 2. The first-order valence-corrected chi connectivity index (χ1v) is 7.70. The molecule has 0 saturated heterocycles. The maximum Gasteiger partial charge on any atom is 0.339 e. The number of carboxylic acids is 1. The van der Waals surface area contributed by atoms with E-state index < -0.39 is 5.97 Å². The number of anilines is 1. The molecule has 1 aromatic rings. The lowest BCUT2D eigenvalue weighted by molar-refractivity contribution is -0.120. The van der Waals surface area contributed by atoms with E-state index in [1.54, 1.807) is 0 Å². The first-order chi connectivity index (χ1) is 9.92. The van der Waals surface area contributed by atoms with Crippen LogP contribution in [0.4, 0.5) is 5.69 Å². The van der Waals surface area contributed by atoms with Gasteiger partial charge in [0.1, 0.15) is 5.56 Å². The summed E-state index contributed by atoms with van der Waals surface area (Å²) in [5.41, 5.74) is -0.112. The lowest BCUT2D eigenvalue weighted by Gasteiger charge is -2.17. The molecule has 2 N–H and O–H groups in total. The van der Waals surface area contributed by atoms with E-state index in [0.29, 0.717) is 6.42 Å². The van der Waals surface area contributed by atoms with Crippen molar-refractivity contribution in [3.8, 4) is 0 Å². The monoisotopic (exact) mass is 331 g/mol. The van der Waals surface area contributed by atoms with Gasteiger partial charge >= 0.3 is 5.97 Å². The van der Waals surface area contributed by atoms with Gasteiger partial charge in [0.2, 0.25) is 5.91 Å². The smallest absolute Gasteiger partial charge is 0.339 e. The summed E-state index contributed by atoms with van der Waals surface area (Å²) in [6, 6.07) is 2.87. The third-order valence-electron chi connectivity index (χ3n) is 3.34. The van der Waals surface area contributed by atoms with E-state index in [9.17, 15) is 14.7 Å². The molecule has 4 nitrogen and oxygen atoms in total. The Morgan fingerprint density at radius 1 is 1.24 bits per heavy atom. The molecular formula is C15H19Cl2NO3. The minimum atomic E-state index is -1.22. The largest absolute Gasteiger partial charge is 0.478 e. The van der Waals surface area contributed by atoms with E-state index >= 15 is 0 Å². The summed E-state index contributed by atoms with van der Waals surface area (Å²) in [6.45, 7) is 3.98. The molecule has 0 saturated carbocycles. The number of carbonyl (C=O) groups is 2. The van der Waals surface area contributed by atoms with Crippen LogP contribution in [0, 0.1) is 5.92 Å². The number of amides is 1. The van der Waals surface area contributed by atoms with Crippen LogP contribution in [0.5, 0.6) is 0 Å². The zero-order valence-corrected chi connectivity index (χ0v) is 13.6. The van der Waals surface area contributed by atoms with Crippen LogP contribution in [-0.2, 0) is 4.79 Å². The molecule has 21 heavy (non-hydrogen) atoms. The summed E-state index contributed by atoms with van der Waals surface area (Å²) in [5.74, 6) is -1.61. The van der Waals surface area contributed by atoms with Crippen molar-refractivity contribution < 1.29 is 14.7 Å². The molecule has 0 fully saturated rings. The second-order valence-electron chi connectivity index (χ2n) is 4.82. The van der Waals surface area contributed by atoms with Crippen LogP contribution in [0.2, 0.25) is 10.0 Å². The molecule has 0 aliphatic carbocycles. The fraction of sp³-hybridized carbons (Fsp3) is 0.467. The van der Waals surface area contributed by atoms with Crippen molar-refractivity contribution in [3.63, 3.8) is 0 Å². The van der Waals surface area contributed by atoms with Crippen molar-refractivity contribution in [3.05, 3.63) is 27.7 Å². The van der Waals surface area contributed by atoms with Gasteiger partial charge in [-0.05, 0) is 25.0 Å². The number of rotatable bonds is 7. The number of benzene rings is 1. The van der Waals surface area contributed by atoms with E-state index in [0.717, 1.165) is 19.3 Å². The quantitative estimate of drug-likeness (QED) is 0.750. The van der Waals surface area contributed by atoms with E-state index in [-0.39, 0.29) is 33.1 Å². The molecule has 6 heteroatoms. The first kappa shape index (κ1) is 17.8. The van der Waals surface area contributed by atoms with E-state index in [1.807, 2.05) is 6.92 Å². The number of halogens is 2. The van der Waals surface area contributed by atoms with Crippen molar-refractivity contribution in [2.45, 2.75) is 39.5 Å². The molecule has 0 spiro atoms. The minimum Gasteiger partial charge on any atom is -0.478 e. The Kier molecular flexibility index (Phi) is 6.99. The average Bonchev–Trinajstić information content (AvgIpc) is 2.43. The zero-order valence-electron chi connectivity index (χ0n) is 12.1. The third kappa shape index (κ3) is 4.61. The molecule has 1 atom stereocenters. The number of hydrogen-bond acceptors (Lipinski definition) is 2. The van der Waals surface area contributed by atoms with Gasteiger partial charge in [0.25, 0.3) is 0 Å². The van der Waals surface area contributed by atoms with E-state index in [2.05, 4.69) is 12.2 Å². The third-order valence-corrected chi connectivity index (χ3v) is 3.97. The second kappa shape index (κ2) is 8.25. The van der Waals surface area contributed by atoms with Crippen LogP contribution >= 0.6 is 23.2 Å². The number of aromatic carboxylic acids is 1. The van der Waals surface area contributed by atoms with Crippen LogP contribution in [0.15, 0.2) is 12.1 Å².